The van der Waals surface area contributed by atoms with Crippen LogP contribution in [0.2, 0.25) is 0 Å². The molecular weight excluding hydrogens is 288 g/mol. The molecular formula is C19H26N2O2. The minimum atomic E-state index is -0.0608. The smallest absolute Gasteiger partial charge is 0.318 e. The number of rotatable bonds is 2. The molecule has 3 aliphatic rings. The van der Waals surface area contributed by atoms with Crippen molar-refractivity contribution in [3.8, 4) is 0 Å². The monoisotopic (exact) mass is 314 g/mol. The molecule has 2 atom stereocenters. The fourth-order valence-corrected chi connectivity index (χ4v) is 4.72. The number of fused-ring (bicyclic) bond motifs is 1. The number of amides is 2. The zero-order valence-electron chi connectivity index (χ0n) is 13.7. The molecule has 1 aromatic rings. The highest BCUT2D eigenvalue weighted by Crippen LogP contribution is 2.53. The first-order valence-corrected chi connectivity index (χ1v) is 9.02. The summed E-state index contributed by atoms with van der Waals surface area (Å²) in [6.45, 7) is 2.43. The standard InChI is InChI=1S/C19H26N2O2/c22-18(20-17-9-12-23-13-10-17)21-14-16-8-4-5-11-19(16,21)15-6-2-1-3-7-15/h1-3,6-7,16-17H,4-5,8-14H2,(H,20,22)/t16-,19+/m1/s1. The van der Waals surface area contributed by atoms with E-state index in [0.29, 0.717) is 5.92 Å². The Labute approximate surface area is 138 Å². The lowest BCUT2D eigenvalue weighted by molar-refractivity contribution is -0.0805. The van der Waals surface area contributed by atoms with Gasteiger partial charge in [-0.15, -0.1) is 0 Å². The van der Waals surface area contributed by atoms with Gasteiger partial charge in [0.2, 0.25) is 0 Å². The van der Waals surface area contributed by atoms with Crippen molar-refractivity contribution in [2.45, 2.75) is 50.1 Å². The van der Waals surface area contributed by atoms with Gasteiger partial charge in [-0.3, -0.25) is 0 Å². The number of nitrogens with zero attached hydrogens (tertiary/aromatic N) is 1. The third kappa shape index (κ3) is 2.53. The van der Waals surface area contributed by atoms with Gasteiger partial charge >= 0.3 is 6.03 Å². The number of benzene rings is 1. The summed E-state index contributed by atoms with van der Waals surface area (Å²) in [5, 5.41) is 3.26. The van der Waals surface area contributed by atoms with Crippen LogP contribution < -0.4 is 5.32 Å². The molecule has 0 spiro atoms. The van der Waals surface area contributed by atoms with Crippen molar-refractivity contribution in [1.29, 1.82) is 0 Å². The molecule has 2 aliphatic heterocycles. The van der Waals surface area contributed by atoms with Crippen LogP contribution in [0.3, 0.4) is 0 Å². The maximum Gasteiger partial charge on any atom is 0.318 e. The fourth-order valence-electron chi connectivity index (χ4n) is 4.72. The van der Waals surface area contributed by atoms with Crippen LogP contribution >= 0.6 is 0 Å². The highest BCUT2D eigenvalue weighted by molar-refractivity contribution is 5.77. The summed E-state index contributed by atoms with van der Waals surface area (Å²) in [4.78, 5) is 15.0. The van der Waals surface area contributed by atoms with Crippen molar-refractivity contribution in [2.24, 2.45) is 5.92 Å². The van der Waals surface area contributed by atoms with Crippen molar-refractivity contribution >= 4 is 6.03 Å². The molecule has 4 nitrogen and oxygen atoms in total. The van der Waals surface area contributed by atoms with Gasteiger partial charge in [-0.2, -0.15) is 0 Å². The van der Waals surface area contributed by atoms with Crippen molar-refractivity contribution in [3.63, 3.8) is 0 Å². The minimum absolute atomic E-state index is 0.0608. The number of carbonyl (C=O) groups excluding carboxylic acids is 1. The molecule has 2 saturated heterocycles. The molecule has 0 radical (unpaired) electrons. The van der Waals surface area contributed by atoms with Gasteiger partial charge in [-0.1, -0.05) is 43.2 Å². The number of carbonyl (C=O) groups is 1. The summed E-state index contributed by atoms with van der Waals surface area (Å²) in [6.07, 6.45) is 6.72. The van der Waals surface area contributed by atoms with E-state index in [4.69, 9.17) is 4.74 Å². The molecule has 0 unspecified atom stereocenters. The summed E-state index contributed by atoms with van der Waals surface area (Å²) < 4.78 is 5.39. The van der Waals surface area contributed by atoms with E-state index in [1.165, 1.54) is 24.8 Å². The van der Waals surface area contributed by atoms with E-state index in [9.17, 15) is 4.79 Å². The van der Waals surface area contributed by atoms with Gasteiger partial charge < -0.3 is 15.0 Å². The highest BCUT2D eigenvalue weighted by atomic mass is 16.5. The average Bonchev–Trinajstić information content (AvgIpc) is 2.58. The molecule has 1 N–H and O–H groups in total. The van der Waals surface area contributed by atoms with E-state index in [0.717, 1.165) is 39.0 Å². The zero-order chi connectivity index (χ0) is 15.7. The second kappa shape index (κ2) is 6.16. The molecule has 23 heavy (non-hydrogen) atoms. The molecule has 3 fully saturated rings. The van der Waals surface area contributed by atoms with Gasteiger partial charge in [-0.25, -0.2) is 4.79 Å². The van der Waals surface area contributed by atoms with E-state index in [1.807, 2.05) is 0 Å². The van der Waals surface area contributed by atoms with Crippen LogP contribution in [0, 0.1) is 5.92 Å². The van der Waals surface area contributed by atoms with Gasteiger partial charge in [0.25, 0.3) is 0 Å². The zero-order valence-corrected chi connectivity index (χ0v) is 13.7. The summed E-state index contributed by atoms with van der Waals surface area (Å²) in [5.74, 6) is 0.624. The van der Waals surface area contributed by atoms with Crippen molar-refractivity contribution in [3.05, 3.63) is 35.9 Å². The van der Waals surface area contributed by atoms with Gasteiger partial charge in [0, 0.05) is 31.7 Å². The molecule has 124 valence electrons. The Morgan fingerprint density at radius 2 is 1.91 bits per heavy atom. The third-order valence-corrected chi connectivity index (χ3v) is 5.99. The van der Waals surface area contributed by atoms with Crippen molar-refractivity contribution in [2.75, 3.05) is 19.8 Å². The van der Waals surface area contributed by atoms with Gasteiger partial charge in [-0.05, 0) is 31.2 Å². The molecule has 2 heterocycles. The number of ether oxygens (including phenoxy) is 1. The van der Waals surface area contributed by atoms with Crippen LogP contribution in [0.25, 0.3) is 0 Å². The van der Waals surface area contributed by atoms with Gasteiger partial charge in [0.05, 0.1) is 5.54 Å². The average molecular weight is 314 g/mol. The Kier molecular flexibility index (Phi) is 4.02. The highest BCUT2D eigenvalue weighted by Gasteiger charge is 2.57. The van der Waals surface area contributed by atoms with Crippen LogP contribution in [-0.2, 0) is 10.3 Å². The van der Waals surface area contributed by atoms with Crippen LogP contribution in [0.5, 0.6) is 0 Å². The Morgan fingerprint density at radius 1 is 1.13 bits per heavy atom. The van der Waals surface area contributed by atoms with Gasteiger partial charge in [0.1, 0.15) is 0 Å². The summed E-state index contributed by atoms with van der Waals surface area (Å²) in [7, 11) is 0. The number of hydrogen-bond acceptors (Lipinski definition) is 2. The first-order valence-electron chi connectivity index (χ1n) is 9.02. The Hall–Kier alpha value is -1.55. The van der Waals surface area contributed by atoms with Gasteiger partial charge in [0.15, 0.2) is 0 Å². The molecule has 1 aromatic carbocycles. The molecule has 1 aliphatic carbocycles. The predicted molar refractivity (Wildman–Crippen MR) is 89.2 cm³/mol. The summed E-state index contributed by atoms with van der Waals surface area (Å²) in [5.41, 5.74) is 1.26. The minimum Gasteiger partial charge on any atom is -0.381 e. The topological polar surface area (TPSA) is 41.6 Å². The second-order valence-electron chi connectivity index (χ2n) is 7.18. The Morgan fingerprint density at radius 3 is 2.65 bits per heavy atom. The Balaban J connectivity index is 1.54. The van der Waals surface area contributed by atoms with E-state index >= 15 is 0 Å². The lowest BCUT2D eigenvalue weighted by atomic mass is 9.62. The summed E-state index contributed by atoms with van der Waals surface area (Å²) in [6, 6.07) is 11.1. The SMILES string of the molecule is O=C(NC1CCOCC1)N1C[C@H]2CCCC[C@]21c1ccccc1. The van der Waals surface area contributed by atoms with E-state index < -0.39 is 0 Å². The Bertz CT molecular complexity index is 556. The van der Waals surface area contributed by atoms with Crippen molar-refractivity contribution < 1.29 is 9.53 Å². The second-order valence-corrected chi connectivity index (χ2v) is 7.18. The number of likely N-dealkylation sites (tertiary alicyclic amines) is 1. The number of nitrogens with one attached hydrogen (secondary N) is 1. The van der Waals surface area contributed by atoms with Crippen molar-refractivity contribution in [1.82, 2.24) is 10.2 Å². The van der Waals surface area contributed by atoms with Crippen LogP contribution in [-0.4, -0.2) is 36.7 Å². The molecule has 4 heteroatoms. The molecule has 0 aromatic heterocycles. The lowest BCUT2D eigenvalue weighted by Gasteiger charge is -2.61. The maximum absolute atomic E-state index is 12.9. The fraction of sp³-hybridized carbons (Fsp3) is 0.632. The molecule has 0 bridgehead atoms. The first-order chi connectivity index (χ1) is 11.3. The quantitative estimate of drug-likeness (QED) is 0.910. The number of hydrogen-bond donors (Lipinski definition) is 1. The summed E-state index contributed by atoms with van der Waals surface area (Å²) >= 11 is 0. The third-order valence-electron chi connectivity index (χ3n) is 5.99. The van der Waals surface area contributed by atoms with Crippen LogP contribution in [0.15, 0.2) is 30.3 Å². The normalized spacial score (nSPS) is 31.1. The molecule has 2 amide bonds. The molecule has 4 rings (SSSR count). The van der Waals surface area contributed by atoms with Crippen LogP contribution in [0.1, 0.15) is 44.1 Å². The van der Waals surface area contributed by atoms with E-state index in [2.05, 4.69) is 40.5 Å². The predicted octanol–water partition coefficient (Wildman–Crippen LogP) is 3.28. The lowest BCUT2D eigenvalue weighted by Crippen LogP contribution is -2.69. The van der Waals surface area contributed by atoms with E-state index in [1.54, 1.807) is 0 Å². The largest absolute Gasteiger partial charge is 0.381 e. The molecule has 1 saturated carbocycles. The van der Waals surface area contributed by atoms with Crippen LogP contribution in [0.4, 0.5) is 4.79 Å². The number of urea groups is 1. The first kappa shape index (κ1) is 15.0. The van der Waals surface area contributed by atoms with E-state index in [-0.39, 0.29) is 17.6 Å². The maximum atomic E-state index is 12.9.